The third-order valence-electron chi connectivity index (χ3n) is 5.80. The van der Waals surface area contributed by atoms with Crippen LogP contribution in [0.25, 0.3) is 0 Å². The lowest BCUT2D eigenvalue weighted by Crippen LogP contribution is -2.49. The van der Waals surface area contributed by atoms with Gasteiger partial charge in [-0.3, -0.25) is 19.5 Å². The molecule has 1 aromatic heterocycles. The summed E-state index contributed by atoms with van der Waals surface area (Å²) in [6.07, 6.45) is 4.16. The van der Waals surface area contributed by atoms with Crippen molar-refractivity contribution in [1.29, 1.82) is 0 Å². The smallest absolute Gasteiger partial charge is 0.256 e. The highest BCUT2D eigenvalue weighted by atomic mass is 35.5. The molecule has 2 amide bonds. The molecule has 2 aliphatic rings. The molecule has 168 valence electrons. The van der Waals surface area contributed by atoms with Gasteiger partial charge in [-0.15, -0.1) is 24.8 Å². The molecular formula is C22H29Cl2N5O2. The molecule has 0 saturated carbocycles. The number of carbonyl (C=O) groups is 2. The number of piperazine rings is 1. The molecule has 7 nitrogen and oxygen atoms in total. The summed E-state index contributed by atoms with van der Waals surface area (Å²) in [6, 6.07) is 9.32. The highest BCUT2D eigenvalue weighted by Crippen LogP contribution is 2.26. The fourth-order valence-corrected chi connectivity index (χ4v) is 4.14. The highest BCUT2D eigenvalue weighted by molar-refractivity contribution is 6.09. The number of rotatable bonds is 4. The van der Waals surface area contributed by atoms with Crippen molar-refractivity contribution in [1.82, 2.24) is 20.1 Å². The lowest BCUT2D eigenvalue weighted by atomic mass is 10.1. The van der Waals surface area contributed by atoms with Crippen LogP contribution >= 0.6 is 24.8 Å². The van der Waals surface area contributed by atoms with Gasteiger partial charge in [0.25, 0.3) is 11.8 Å². The Morgan fingerprint density at radius 1 is 1.06 bits per heavy atom. The number of hydrogen-bond donors (Lipinski definition) is 2. The van der Waals surface area contributed by atoms with E-state index >= 15 is 0 Å². The second kappa shape index (κ2) is 11.4. The third kappa shape index (κ3) is 5.74. The van der Waals surface area contributed by atoms with E-state index in [0.717, 1.165) is 51.3 Å². The normalized spacial score (nSPS) is 18.6. The van der Waals surface area contributed by atoms with E-state index in [1.54, 1.807) is 30.6 Å². The van der Waals surface area contributed by atoms with Crippen LogP contribution in [0.4, 0.5) is 5.69 Å². The van der Waals surface area contributed by atoms with Gasteiger partial charge < -0.3 is 15.5 Å². The van der Waals surface area contributed by atoms with E-state index in [9.17, 15) is 9.59 Å². The van der Waals surface area contributed by atoms with Crippen LogP contribution in [0.2, 0.25) is 0 Å². The fourth-order valence-electron chi connectivity index (χ4n) is 4.14. The van der Waals surface area contributed by atoms with Crippen molar-refractivity contribution in [3.63, 3.8) is 0 Å². The van der Waals surface area contributed by atoms with Gasteiger partial charge in [0.2, 0.25) is 0 Å². The van der Waals surface area contributed by atoms with Crippen molar-refractivity contribution < 1.29 is 9.59 Å². The lowest BCUT2D eigenvalue weighted by Gasteiger charge is -2.32. The Kier molecular flexibility index (Phi) is 9.25. The first-order chi connectivity index (χ1) is 14.1. The molecular weight excluding hydrogens is 437 g/mol. The molecule has 0 radical (unpaired) electrons. The van der Waals surface area contributed by atoms with E-state index in [1.165, 1.54) is 0 Å². The van der Waals surface area contributed by atoms with E-state index in [4.69, 9.17) is 0 Å². The van der Waals surface area contributed by atoms with Gasteiger partial charge in [0.1, 0.15) is 0 Å². The van der Waals surface area contributed by atoms with Crippen LogP contribution in [0.15, 0.2) is 42.7 Å². The Hall–Kier alpha value is -2.19. The lowest BCUT2D eigenvalue weighted by molar-refractivity contribution is 0.0774. The van der Waals surface area contributed by atoms with Gasteiger partial charge in [0.15, 0.2) is 0 Å². The summed E-state index contributed by atoms with van der Waals surface area (Å²) in [5, 5.41) is 6.32. The fraction of sp³-hybridized carbons (Fsp3) is 0.409. The number of nitrogens with one attached hydrogen (secondary N) is 2. The molecule has 0 spiro atoms. The van der Waals surface area contributed by atoms with Crippen LogP contribution in [-0.2, 0) is 0 Å². The average Bonchev–Trinajstić information content (AvgIpc) is 3.26. The maximum atomic E-state index is 13.3. The molecule has 31 heavy (non-hydrogen) atoms. The number of para-hydroxylation sites is 1. The number of aryl methyl sites for hydroxylation is 1. The van der Waals surface area contributed by atoms with Crippen molar-refractivity contribution in [2.45, 2.75) is 19.4 Å². The van der Waals surface area contributed by atoms with Gasteiger partial charge in [-0.05, 0) is 37.1 Å². The van der Waals surface area contributed by atoms with E-state index in [0.29, 0.717) is 22.9 Å². The molecule has 1 unspecified atom stereocenters. The summed E-state index contributed by atoms with van der Waals surface area (Å²) >= 11 is 0. The quantitative estimate of drug-likeness (QED) is 0.725. The largest absolute Gasteiger partial charge is 0.337 e. The van der Waals surface area contributed by atoms with Crippen molar-refractivity contribution in [3.05, 3.63) is 59.4 Å². The van der Waals surface area contributed by atoms with Gasteiger partial charge in [-0.2, -0.15) is 0 Å². The first-order valence-corrected chi connectivity index (χ1v) is 10.2. The molecule has 2 aliphatic heterocycles. The number of halogens is 2. The number of aromatic nitrogens is 1. The first kappa shape index (κ1) is 25.1. The van der Waals surface area contributed by atoms with Crippen LogP contribution in [0.3, 0.4) is 0 Å². The summed E-state index contributed by atoms with van der Waals surface area (Å²) in [6.45, 7) is 7.48. The van der Waals surface area contributed by atoms with Gasteiger partial charge in [-0.25, -0.2) is 0 Å². The molecule has 0 bridgehead atoms. The van der Waals surface area contributed by atoms with Gasteiger partial charge in [0.05, 0.1) is 11.3 Å². The van der Waals surface area contributed by atoms with Gasteiger partial charge in [0, 0.05) is 63.3 Å². The Bertz CT molecular complexity index is 891. The molecule has 3 heterocycles. The second-order valence-electron chi connectivity index (χ2n) is 7.67. The Labute approximate surface area is 195 Å². The SMILES string of the molecule is Cc1cccc(C(=O)N2CCC(N3CCNCC3)C2)c1NC(=O)c1ccncc1.Cl.Cl. The Balaban J connectivity index is 0.00000171. The number of nitrogens with zero attached hydrogens (tertiary/aromatic N) is 3. The molecule has 2 N–H and O–H groups in total. The zero-order chi connectivity index (χ0) is 20.2. The van der Waals surface area contributed by atoms with Crippen LogP contribution in [0.5, 0.6) is 0 Å². The summed E-state index contributed by atoms with van der Waals surface area (Å²) < 4.78 is 0. The first-order valence-electron chi connectivity index (χ1n) is 10.2. The predicted molar refractivity (Wildman–Crippen MR) is 127 cm³/mol. The minimum atomic E-state index is -0.240. The number of benzene rings is 1. The van der Waals surface area contributed by atoms with Crippen molar-refractivity contribution in [2.75, 3.05) is 44.6 Å². The van der Waals surface area contributed by atoms with Crippen LogP contribution < -0.4 is 10.6 Å². The monoisotopic (exact) mass is 465 g/mol. The molecule has 4 rings (SSSR count). The average molecular weight is 466 g/mol. The molecule has 0 aliphatic carbocycles. The highest BCUT2D eigenvalue weighted by Gasteiger charge is 2.32. The molecule has 2 aromatic rings. The van der Waals surface area contributed by atoms with Crippen molar-refractivity contribution in [3.8, 4) is 0 Å². The molecule has 2 saturated heterocycles. The number of hydrogen-bond acceptors (Lipinski definition) is 5. The molecule has 1 atom stereocenters. The molecule has 1 aromatic carbocycles. The van der Waals surface area contributed by atoms with E-state index < -0.39 is 0 Å². The zero-order valence-electron chi connectivity index (χ0n) is 17.5. The minimum absolute atomic E-state index is 0. The number of amides is 2. The number of pyridine rings is 1. The van der Waals surface area contributed by atoms with Crippen molar-refractivity contribution >= 4 is 42.3 Å². The predicted octanol–water partition coefficient (Wildman–Crippen LogP) is 2.61. The Morgan fingerprint density at radius 2 is 1.77 bits per heavy atom. The topological polar surface area (TPSA) is 77.6 Å². The van der Waals surface area contributed by atoms with E-state index in [1.807, 2.05) is 24.0 Å². The maximum absolute atomic E-state index is 13.3. The number of anilines is 1. The number of likely N-dealkylation sites (tertiary alicyclic amines) is 1. The number of carbonyl (C=O) groups excluding carboxylic acids is 2. The minimum Gasteiger partial charge on any atom is -0.337 e. The molecule has 9 heteroatoms. The van der Waals surface area contributed by atoms with Crippen LogP contribution in [-0.4, -0.2) is 71.9 Å². The second-order valence-corrected chi connectivity index (χ2v) is 7.67. The van der Waals surface area contributed by atoms with Crippen molar-refractivity contribution in [2.24, 2.45) is 0 Å². The zero-order valence-corrected chi connectivity index (χ0v) is 19.2. The maximum Gasteiger partial charge on any atom is 0.256 e. The molecule has 2 fully saturated rings. The summed E-state index contributed by atoms with van der Waals surface area (Å²) in [5.74, 6) is -0.257. The van der Waals surface area contributed by atoms with Gasteiger partial charge >= 0.3 is 0 Å². The van der Waals surface area contributed by atoms with Crippen LogP contribution in [0, 0.1) is 6.92 Å². The Morgan fingerprint density at radius 3 is 2.48 bits per heavy atom. The van der Waals surface area contributed by atoms with Crippen LogP contribution in [0.1, 0.15) is 32.7 Å². The van der Waals surface area contributed by atoms with Gasteiger partial charge in [-0.1, -0.05) is 12.1 Å². The summed E-state index contributed by atoms with van der Waals surface area (Å²) in [5.41, 5.74) is 2.52. The van der Waals surface area contributed by atoms with E-state index in [2.05, 4.69) is 20.5 Å². The standard InChI is InChI=1S/C22H27N5O2.2ClH/c1-16-3-2-4-19(20(16)25-21(28)17-5-8-23-9-6-17)22(29)27-12-7-18(15-27)26-13-10-24-11-14-26;;/h2-6,8-9,18,24H,7,10-15H2,1H3,(H,25,28);2*1H. The van der Waals surface area contributed by atoms with E-state index in [-0.39, 0.29) is 36.6 Å². The summed E-state index contributed by atoms with van der Waals surface area (Å²) in [7, 11) is 0. The third-order valence-corrected chi connectivity index (χ3v) is 5.80. The summed E-state index contributed by atoms with van der Waals surface area (Å²) in [4.78, 5) is 34.3.